The number of aliphatic hydroxyl groups is 4. The molecule has 2 aromatic rings. The highest BCUT2D eigenvalue weighted by molar-refractivity contribution is 5.97. The predicted octanol–water partition coefficient (Wildman–Crippen LogP) is -0.348. The number of esters is 1. The second-order valence-corrected chi connectivity index (χ2v) is 11.5. The van der Waals surface area contributed by atoms with Crippen molar-refractivity contribution in [3.63, 3.8) is 0 Å². The molecule has 6 N–H and O–H groups in total. The average molecular weight is 591 g/mol. The van der Waals surface area contributed by atoms with Gasteiger partial charge >= 0.3 is 5.97 Å². The van der Waals surface area contributed by atoms with Gasteiger partial charge in [0.2, 0.25) is 17.9 Å². The highest BCUT2D eigenvalue weighted by Crippen LogP contribution is 2.57. The second-order valence-electron chi connectivity index (χ2n) is 11.5. The summed E-state index contributed by atoms with van der Waals surface area (Å²) >= 11 is 0. The van der Waals surface area contributed by atoms with Crippen molar-refractivity contribution in [3.05, 3.63) is 23.0 Å². The van der Waals surface area contributed by atoms with E-state index in [0.717, 1.165) is 16.5 Å². The Bertz CT molecular complexity index is 1340. The predicted molar refractivity (Wildman–Crippen MR) is 145 cm³/mol. The van der Waals surface area contributed by atoms with Crippen LogP contribution >= 0.6 is 0 Å². The molecule has 13 nitrogen and oxygen atoms in total. The van der Waals surface area contributed by atoms with E-state index < -0.39 is 43.2 Å². The minimum atomic E-state index is -1.66. The normalized spacial score (nSPS) is 33.6. The van der Waals surface area contributed by atoms with Crippen LogP contribution in [-0.2, 0) is 25.5 Å². The molecule has 0 bridgehead atoms. The van der Waals surface area contributed by atoms with Gasteiger partial charge in [0.25, 0.3) is 0 Å². The molecule has 0 radical (unpaired) electrons. The maximum Gasteiger partial charge on any atom is 0.309 e. The van der Waals surface area contributed by atoms with Crippen molar-refractivity contribution in [2.45, 2.75) is 68.7 Å². The van der Waals surface area contributed by atoms with Gasteiger partial charge in [0.1, 0.15) is 31.0 Å². The maximum absolute atomic E-state index is 13.1. The van der Waals surface area contributed by atoms with Crippen LogP contribution in [0.15, 0.2) is 10.7 Å². The molecule has 6 rings (SSSR count). The number of carbonyl (C=O) groups excluding carboxylic acids is 2. The number of amides is 1. The molecule has 0 unspecified atom stereocenters. The van der Waals surface area contributed by atoms with Gasteiger partial charge < -0.3 is 54.4 Å². The van der Waals surface area contributed by atoms with E-state index in [1.807, 2.05) is 0 Å². The first-order valence-electron chi connectivity index (χ1n) is 14.6. The quantitative estimate of drug-likeness (QED) is 0.165. The van der Waals surface area contributed by atoms with Gasteiger partial charge in [0.05, 0.1) is 25.4 Å². The van der Waals surface area contributed by atoms with Crippen LogP contribution in [0.3, 0.4) is 0 Å². The zero-order valence-corrected chi connectivity index (χ0v) is 23.6. The second kappa shape index (κ2) is 11.6. The van der Waals surface area contributed by atoms with Crippen LogP contribution in [0.2, 0.25) is 0 Å². The molecule has 3 heterocycles. The Morgan fingerprint density at radius 2 is 1.95 bits per heavy atom. The average Bonchev–Trinajstić information content (AvgIpc) is 3.53. The van der Waals surface area contributed by atoms with E-state index in [-0.39, 0.29) is 60.8 Å². The molecule has 230 valence electrons. The Labute approximate surface area is 242 Å². The van der Waals surface area contributed by atoms with Crippen molar-refractivity contribution in [2.24, 2.45) is 11.8 Å². The van der Waals surface area contributed by atoms with E-state index >= 15 is 0 Å². The summed E-state index contributed by atoms with van der Waals surface area (Å²) in [6.07, 6.45) is -4.65. The van der Waals surface area contributed by atoms with E-state index in [9.17, 15) is 30.0 Å². The van der Waals surface area contributed by atoms with Crippen molar-refractivity contribution in [2.75, 3.05) is 40.0 Å². The summed E-state index contributed by atoms with van der Waals surface area (Å²) in [7, 11) is 1.78. The molecule has 4 aliphatic rings. The van der Waals surface area contributed by atoms with Gasteiger partial charge in [0.15, 0.2) is 11.3 Å². The van der Waals surface area contributed by atoms with Gasteiger partial charge in [-0.1, -0.05) is 0 Å². The van der Waals surface area contributed by atoms with E-state index in [2.05, 4.69) is 10.6 Å². The Morgan fingerprint density at radius 1 is 1.14 bits per heavy atom. The Hall–Kier alpha value is -2.94. The summed E-state index contributed by atoms with van der Waals surface area (Å²) in [6.45, 7) is 2.53. The fourth-order valence-electron chi connectivity index (χ4n) is 7.06. The Balaban J connectivity index is 1.54. The van der Waals surface area contributed by atoms with Gasteiger partial charge in [-0.2, -0.15) is 0 Å². The summed E-state index contributed by atoms with van der Waals surface area (Å²) in [4.78, 5) is 26.1. The van der Waals surface area contributed by atoms with E-state index in [0.29, 0.717) is 37.1 Å². The molecule has 2 saturated heterocycles. The van der Waals surface area contributed by atoms with Crippen LogP contribution in [-0.4, -0.2) is 103 Å². The van der Waals surface area contributed by atoms with Crippen molar-refractivity contribution in [1.29, 1.82) is 0 Å². The summed E-state index contributed by atoms with van der Waals surface area (Å²) < 4.78 is 29.8. The lowest BCUT2D eigenvalue weighted by molar-refractivity contribution is -0.277. The topological polar surface area (TPSA) is 189 Å². The number of carbonyl (C=O) groups is 2. The van der Waals surface area contributed by atoms with E-state index in [1.54, 1.807) is 20.2 Å². The summed E-state index contributed by atoms with van der Waals surface area (Å²) in [5, 5.41) is 48.2. The SMILES string of the molecule is CCOC(=O)[C@H]1Cc2c(O[C@H]3O[C@H](CO)[C@@H](O)[C@H](O)[C@H]3O)c(OCCNC)c3occ4c3c2[C@@H](C1)C[C@H]1C(=O)NC[C@@H]41. The molecule has 42 heavy (non-hydrogen) atoms. The number of hydrogen-bond donors (Lipinski definition) is 6. The minimum absolute atomic E-state index is 0.0368. The van der Waals surface area contributed by atoms with E-state index in [4.69, 9.17) is 23.4 Å². The molecule has 0 saturated carbocycles. The molecule has 13 heteroatoms. The third-order valence-electron chi connectivity index (χ3n) is 9.09. The van der Waals surface area contributed by atoms with Gasteiger partial charge in [-0.05, 0) is 44.7 Å². The van der Waals surface area contributed by atoms with Gasteiger partial charge in [-0.3, -0.25) is 9.59 Å². The van der Waals surface area contributed by atoms with Crippen molar-refractivity contribution in [1.82, 2.24) is 10.6 Å². The van der Waals surface area contributed by atoms with Crippen molar-refractivity contribution < 1.29 is 53.4 Å². The highest BCUT2D eigenvalue weighted by atomic mass is 16.7. The molecule has 1 aromatic carbocycles. The third kappa shape index (κ3) is 4.72. The number of nitrogens with one attached hydrogen (secondary N) is 2. The minimum Gasteiger partial charge on any atom is -0.485 e. The number of rotatable bonds is 9. The van der Waals surface area contributed by atoms with Gasteiger partial charge in [-0.15, -0.1) is 0 Å². The summed E-state index contributed by atoms with van der Waals surface area (Å²) in [5.41, 5.74) is 2.85. The first-order chi connectivity index (χ1) is 20.3. The number of benzene rings is 1. The lowest BCUT2D eigenvalue weighted by Gasteiger charge is -2.40. The van der Waals surface area contributed by atoms with Crippen LogP contribution in [0.4, 0.5) is 0 Å². The number of ether oxygens (including phenoxy) is 4. The first kappa shape index (κ1) is 29.1. The summed E-state index contributed by atoms with van der Waals surface area (Å²) in [5.74, 6) is -1.13. The highest BCUT2D eigenvalue weighted by Gasteiger charge is 2.49. The lowest BCUT2D eigenvalue weighted by Crippen LogP contribution is -2.60. The van der Waals surface area contributed by atoms with Crippen LogP contribution in [0, 0.1) is 11.8 Å². The zero-order chi connectivity index (χ0) is 29.7. The molecule has 2 fully saturated rings. The number of furan rings is 1. The van der Waals surface area contributed by atoms with Gasteiger partial charge in [-0.25, -0.2) is 0 Å². The summed E-state index contributed by atoms with van der Waals surface area (Å²) in [6, 6.07) is 0. The van der Waals surface area contributed by atoms with Crippen LogP contribution in [0.25, 0.3) is 11.0 Å². The van der Waals surface area contributed by atoms with E-state index in [1.165, 1.54) is 0 Å². The lowest BCUT2D eigenvalue weighted by atomic mass is 9.72. The van der Waals surface area contributed by atoms with Crippen LogP contribution in [0.1, 0.15) is 48.3 Å². The smallest absolute Gasteiger partial charge is 0.309 e. The van der Waals surface area contributed by atoms with Crippen molar-refractivity contribution >= 4 is 22.8 Å². The molecule has 9 atom stereocenters. The number of likely N-dealkylation sites (N-methyl/N-ethyl adjacent to an activating group) is 1. The molecule has 2 aliphatic heterocycles. The molecule has 0 spiro atoms. The Morgan fingerprint density at radius 3 is 2.69 bits per heavy atom. The van der Waals surface area contributed by atoms with Crippen molar-refractivity contribution in [3.8, 4) is 11.5 Å². The maximum atomic E-state index is 13.1. The van der Waals surface area contributed by atoms with Gasteiger partial charge in [0, 0.05) is 41.4 Å². The molecular formula is C29H38N2O11. The molecule has 1 aromatic heterocycles. The molecular weight excluding hydrogens is 552 g/mol. The number of hydrogen-bond acceptors (Lipinski definition) is 12. The number of fused-ring (bicyclic) bond motifs is 2. The Kier molecular flexibility index (Phi) is 8.07. The fraction of sp³-hybridized carbons (Fsp3) is 0.655. The number of aliphatic hydroxyl groups excluding tert-OH is 4. The third-order valence-corrected chi connectivity index (χ3v) is 9.09. The van der Waals surface area contributed by atoms with Crippen LogP contribution < -0.4 is 20.1 Å². The largest absolute Gasteiger partial charge is 0.485 e. The molecule has 2 aliphatic carbocycles. The zero-order valence-electron chi connectivity index (χ0n) is 23.6. The fourth-order valence-corrected chi connectivity index (χ4v) is 7.06. The molecule has 1 amide bonds. The monoisotopic (exact) mass is 590 g/mol. The first-order valence-corrected chi connectivity index (χ1v) is 14.6. The standard InChI is InChI=1S/C29H38N2O11/c1-3-38-28(37)13-6-12-7-14-16(9-31-27(14)36)17-11-40-25-20(17)19(12)15(8-13)24(26(25)39-5-4-30-2)42-29-23(35)22(34)21(33)18(10-32)41-29/h11-14,16,18,21-23,29-30,32-35H,3-10H2,1-2H3,(H,31,36)/t12-,13+,14+,16+,18+,21+,22-,23+,29+/m0/s1. The van der Waals surface area contributed by atoms with Crippen LogP contribution in [0.5, 0.6) is 11.5 Å².